The van der Waals surface area contributed by atoms with E-state index in [1.54, 1.807) is 50.3 Å². The zero-order valence-corrected chi connectivity index (χ0v) is 18.7. The van der Waals surface area contributed by atoms with Crippen molar-refractivity contribution in [1.29, 1.82) is 0 Å². The summed E-state index contributed by atoms with van der Waals surface area (Å²) >= 11 is 0. The minimum atomic E-state index is -1.12. The van der Waals surface area contributed by atoms with Gasteiger partial charge in [-0.25, -0.2) is 4.79 Å². The van der Waals surface area contributed by atoms with Crippen molar-refractivity contribution >= 4 is 23.7 Å². The predicted octanol–water partition coefficient (Wildman–Crippen LogP) is 2.92. The average Bonchev–Trinajstić information content (AvgIpc) is 3.10. The minimum absolute atomic E-state index is 0.104. The molecule has 1 aliphatic rings. The second-order valence-corrected chi connectivity index (χ2v) is 7.62. The molecular weight excluding hydrogens is 430 g/mol. The number of allylic oxidation sites excluding steroid dienone is 1. The molecule has 9 nitrogen and oxygen atoms in total. The molecule has 1 heterocycles. The number of carboxylic acid groups (broad SMARTS) is 1. The van der Waals surface area contributed by atoms with Crippen LogP contribution in [-0.4, -0.2) is 49.6 Å². The highest BCUT2D eigenvalue weighted by Crippen LogP contribution is 2.36. The number of fused-ring (bicyclic) bond motifs is 1. The van der Waals surface area contributed by atoms with Gasteiger partial charge in [0.2, 0.25) is 5.78 Å². The topological polar surface area (TPSA) is 120 Å². The van der Waals surface area contributed by atoms with Crippen LogP contribution in [-0.2, 0) is 9.59 Å². The number of rotatable bonds is 9. The Hall–Kier alpha value is -4.01. The van der Waals surface area contributed by atoms with Crippen LogP contribution in [0.4, 0.5) is 0 Å². The number of hydrogen-bond donors (Lipinski definition) is 2. The van der Waals surface area contributed by atoms with Crippen molar-refractivity contribution in [3.63, 3.8) is 0 Å². The first kappa shape index (κ1) is 23.6. The maximum absolute atomic E-state index is 12.8. The molecule has 1 unspecified atom stereocenters. The van der Waals surface area contributed by atoms with E-state index in [4.69, 9.17) is 18.9 Å². The summed E-state index contributed by atoms with van der Waals surface area (Å²) in [6.07, 6.45) is 1.57. The molecule has 1 aliphatic heterocycles. The van der Waals surface area contributed by atoms with Crippen LogP contribution in [0.3, 0.4) is 0 Å². The standard InChI is InChI=1S/C24H25NO8/c1-13(2)22(24(28)29)25-21(26)12-32-16-5-7-17-19(11-16)33-20(23(17)27)10-14-9-15(30-3)6-8-18(14)31-4/h5-11,13,22H,12H2,1-4H3,(H,25,26)(H,28,29). The Bertz CT molecular complexity index is 1110. The van der Waals surface area contributed by atoms with Crippen molar-refractivity contribution in [1.82, 2.24) is 5.32 Å². The van der Waals surface area contributed by atoms with Crippen molar-refractivity contribution in [2.24, 2.45) is 5.92 Å². The number of ether oxygens (including phenoxy) is 4. The molecule has 0 aromatic heterocycles. The predicted molar refractivity (Wildman–Crippen MR) is 119 cm³/mol. The van der Waals surface area contributed by atoms with Crippen LogP contribution in [0.25, 0.3) is 6.08 Å². The van der Waals surface area contributed by atoms with Crippen molar-refractivity contribution < 1.29 is 38.4 Å². The molecule has 2 aromatic carbocycles. The number of aliphatic carboxylic acids is 1. The molecule has 0 aliphatic carbocycles. The lowest BCUT2D eigenvalue weighted by atomic mass is 10.1. The SMILES string of the molecule is COc1ccc(OC)c(C=C2Oc3cc(OCC(=O)NC(C(=O)O)C(C)C)ccc3C2=O)c1. The molecule has 1 amide bonds. The molecule has 0 bridgehead atoms. The van der Waals surface area contributed by atoms with Crippen LogP contribution in [0.15, 0.2) is 42.2 Å². The number of methoxy groups -OCH3 is 2. The van der Waals surface area contributed by atoms with E-state index < -0.39 is 17.9 Å². The van der Waals surface area contributed by atoms with E-state index >= 15 is 0 Å². The van der Waals surface area contributed by atoms with E-state index in [2.05, 4.69) is 5.32 Å². The molecule has 33 heavy (non-hydrogen) atoms. The zero-order valence-electron chi connectivity index (χ0n) is 18.7. The summed E-state index contributed by atoms with van der Waals surface area (Å²) in [6, 6.07) is 8.77. The fraction of sp³-hybridized carbons (Fsp3) is 0.292. The van der Waals surface area contributed by atoms with Gasteiger partial charge in [0.15, 0.2) is 12.4 Å². The molecule has 2 aromatic rings. The normalized spacial score (nSPS) is 14.5. The Labute approximate surface area is 190 Å². The van der Waals surface area contributed by atoms with Crippen molar-refractivity contribution in [2.75, 3.05) is 20.8 Å². The molecular formula is C24H25NO8. The molecule has 1 atom stereocenters. The fourth-order valence-corrected chi connectivity index (χ4v) is 3.23. The summed E-state index contributed by atoms with van der Waals surface area (Å²) < 4.78 is 21.7. The number of nitrogens with one attached hydrogen (secondary N) is 1. The van der Waals surface area contributed by atoms with Gasteiger partial charge in [-0.05, 0) is 42.3 Å². The number of amides is 1. The van der Waals surface area contributed by atoms with Crippen molar-refractivity contribution in [3.05, 3.63) is 53.3 Å². The molecule has 2 N–H and O–H groups in total. The fourth-order valence-electron chi connectivity index (χ4n) is 3.23. The van der Waals surface area contributed by atoms with Gasteiger partial charge in [0.05, 0.1) is 19.8 Å². The highest BCUT2D eigenvalue weighted by atomic mass is 16.5. The second-order valence-electron chi connectivity index (χ2n) is 7.62. The average molecular weight is 455 g/mol. The van der Waals surface area contributed by atoms with Crippen molar-refractivity contribution in [3.8, 4) is 23.0 Å². The molecule has 0 radical (unpaired) electrons. The Morgan fingerprint density at radius 3 is 2.45 bits per heavy atom. The van der Waals surface area contributed by atoms with Gasteiger partial charge in [-0.15, -0.1) is 0 Å². The van der Waals surface area contributed by atoms with Crippen molar-refractivity contribution in [2.45, 2.75) is 19.9 Å². The first-order valence-corrected chi connectivity index (χ1v) is 10.2. The number of benzene rings is 2. The van der Waals surface area contributed by atoms with Gasteiger partial charge in [-0.2, -0.15) is 0 Å². The van der Waals surface area contributed by atoms with E-state index in [9.17, 15) is 19.5 Å². The van der Waals surface area contributed by atoms with Gasteiger partial charge in [0, 0.05) is 11.6 Å². The molecule has 0 spiro atoms. The second kappa shape index (κ2) is 10.1. The Morgan fingerprint density at radius 1 is 1.09 bits per heavy atom. The van der Waals surface area contributed by atoms with E-state index in [0.29, 0.717) is 28.4 Å². The lowest BCUT2D eigenvalue weighted by Gasteiger charge is -2.18. The monoisotopic (exact) mass is 455 g/mol. The number of ketones is 1. The van der Waals surface area contributed by atoms with Gasteiger partial charge in [0.25, 0.3) is 5.91 Å². The lowest BCUT2D eigenvalue weighted by Crippen LogP contribution is -2.46. The van der Waals surface area contributed by atoms with Gasteiger partial charge in [-0.1, -0.05) is 13.8 Å². The minimum Gasteiger partial charge on any atom is -0.497 e. The van der Waals surface area contributed by atoms with Crippen LogP contribution in [0.5, 0.6) is 23.0 Å². The first-order chi connectivity index (χ1) is 15.7. The summed E-state index contributed by atoms with van der Waals surface area (Å²) in [5.74, 6) is -0.430. The molecule has 3 rings (SSSR count). The van der Waals surface area contributed by atoms with E-state index in [1.807, 2.05) is 0 Å². The maximum atomic E-state index is 12.8. The van der Waals surface area contributed by atoms with E-state index in [-0.39, 0.29) is 29.8 Å². The number of hydrogen-bond acceptors (Lipinski definition) is 7. The first-order valence-electron chi connectivity index (χ1n) is 10.2. The summed E-state index contributed by atoms with van der Waals surface area (Å²) in [5.41, 5.74) is 0.963. The quantitative estimate of drug-likeness (QED) is 0.554. The van der Waals surface area contributed by atoms with Gasteiger partial charge in [0.1, 0.15) is 29.0 Å². The Balaban J connectivity index is 1.72. The maximum Gasteiger partial charge on any atom is 0.326 e. The third-order valence-electron chi connectivity index (χ3n) is 4.98. The molecule has 0 saturated carbocycles. The summed E-state index contributed by atoms with van der Waals surface area (Å²) in [7, 11) is 3.06. The van der Waals surface area contributed by atoms with Crippen LogP contribution in [0.1, 0.15) is 29.8 Å². The highest BCUT2D eigenvalue weighted by Gasteiger charge is 2.28. The summed E-state index contributed by atoms with van der Waals surface area (Å²) in [6.45, 7) is 3.01. The third-order valence-corrected chi connectivity index (χ3v) is 4.98. The summed E-state index contributed by atoms with van der Waals surface area (Å²) in [4.78, 5) is 36.1. The molecule has 0 fully saturated rings. The van der Waals surface area contributed by atoms with Gasteiger partial charge in [-0.3, -0.25) is 9.59 Å². The van der Waals surface area contributed by atoms with E-state index in [0.717, 1.165) is 0 Å². The zero-order chi connectivity index (χ0) is 24.1. The largest absolute Gasteiger partial charge is 0.497 e. The number of carboxylic acids is 1. The van der Waals surface area contributed by atoms with Gasteiger partial charge < -0.3 is 29.4 Å². The molecule has 0 saturated heterocycles. The number of carbonyl (C=O) groups is 3. The Morgan fingerprint density at radius 2 is 1.82 bits per heavy atom. The Kier molecular flexibility index (Phi) is 7.22. The van der Waals surface area contributed by atoms with Crippen LogP contribution in [0, 0.1) is 5.92 Å². The highest BCUT2D eigenvalue weighted by molar-refractivity contribution is 6.14. The van der Waals surface area contributed by atoms with Crippen LogP contribution in [0.2, 0.25) is 0 Å². The number of Topliss-reactive ketones (excluding diaryl/α,β-unsaturated/α-hetero) is 1. The molecule has 174 valence electrons. The van der Waals surface area contributed by atoms with Gasteiger partial charge >= 0.3 is 5.97 Å². The van der Waals surface area contributed by atoms with E-state index in [1.165, 1.54) is 20.3 Å². The summed E-state index contributed by atoms with van der Waals surface area (Å²) in [5, 5.41) is 11.6. The van der Waals surface area contributed by atoms with Crippen LogP contribution < -0.4 is 24.3 Å². The van der Waals surface area contributed by atoms with Crippen LogP contribution >= 0.6 is 0 Å². The lowest BCUT2D eigenvalue weighted by molar-refractivity contribution is -0.143. The number of carbonyl (C=O) groups excluding carboxylic acids is 2. The smallest absolute Gasteiger partial charge is 0.326 e. The molecule has 9 heteroatoms. The third kappa shape index (κ3) is 5.43.